The van der Waals surface area contributed by atoms with Crippen molar-refractivity contribution in [2.75, 3.05) is 13.1 Å². The fourth-order valence-corrected chi connectivity index (χ4v) is 2.44. The van der Waals surface area contributed by atoms with Crippen molar-refractivity contribution in [3.63, 3.8) is 0 Å². The molecule has 1 aromatic carbocycles. The smallest absolute Gasteiger partial charge is 0.410 e. The molecule has 1 aliphatic rings. The monoisotopic (exact) mass is 307 g/mol. The van der Waals surface area contributed by atoms with Crippen LogP contribution in [0.15, 0.2) is 24.3 Å². The SMILES string of the molecule is CC(C)(C)OC(=O)N1CCCC(Oc2cccc(O)c2)CC1. The van der Waals surface area contributed by atoms with Gasteiger partial charge in [0, 0.05) is 25.6 Å². The highest BCUT2D eigenvalue weighted by Gasteiger charge is 2.25. The molecule has 0 spiro atoms. The van der Waals surface area contributed by atoms with Crippen LogP contribution in [-0.2, 0) is 4.74 Å². The number of aromatic hydroxyl groups is 1. The average molecular weight is 307 g/mol. The summed E-state index contributed by atoms with van der Waals surface area (Å²) in [6.45, 7) is 6.93. The number of likely N-dealkylation sites (tertiary alicyclic amines) is 1. The predicted octanol–water partition coefficient (Wildman–Crippen LogP) is 3.56. The van der Waals surface area contributed by atoms with E-state index >= 15 is 0 Å². The van der Waals surface area contributed by atoms with Gasteiger partial charge in [-0.2, -0.15) is 0 Å². The lowest BCUT2D eigenvalue weighted by Crippen LogP contribution is -2.37. The number of rotatable bonds is 2. The number of nitrogens with zero attached hydrogens (tertiary/aromatic N) is 1. The van der Waals surface area contributed by atoms with Crippen molar-refractivity contribution in [3.8, 4) is 11.5 Å². The van der Waals surface area contributed by atoms with Crippen molar-refractivity contribution < 1.29 is 19.4 Å². The molecule has 22 heavy (non-hydrogen) atoms. The summed E-state index contributed by atoms with van der Waals surface area (Å²) < 4.78 is 11.3. The summed E-state index contributed by atoms with van der Waals surface area (Å²) in [6, 6.07) is 6.81. The molecule has 1 aromatic rings. The number of carbonyl (C=O) groups is 1. The van der Waals surface area contributed by atoms with Crippen molar-refractivity contribution in [1.82, 2.24) is 4.90 Å². The van der Waals surface area contributed by atoms with Gasteiger partial charge in [-0.3, -0.25) is 0 Å². The van der Waals surface area contributed by atoms with E-state index in [0.29, 0.717) is 18.8 Å². The molecule has 0 bridgehead atoms. The van der Waals surface area contributed by atoms with Gasteiger partial charge in [0.05, 0.1) is 0 Å². The highest BCUT2D eigenvalue weighted by Crippen LogP contribution is 2.23. The topological polar surface area (TPSA) is 59.0 Å². The maximum Gasteiger partial charge on any atom is 0.410 e. The Bertz CT molecular complexity index is 510. The second-order valence-corrected chi connectivity index (χ2v) is 6.64. The Balaban J connectivity index is 1.88. The van der Waals surface area contributed by atoms with Gasteiger partial charge >= 0.3 is 6.09 Å². The first kappa shape index (κ1) is 16.5. The van der Waals surface area contributed by atoms with Gasteiger partial charge in [0.15, 0.2) is 0 Å². The lowest BCUT2D eigenvalue weighted by Gasteiger charge is -2.26. The standard InChI is InChI=1S/C17H25NO4/c1-17(2,3)22-16(20)18-10-5-8-14(9-11-18)21-15-7-4-6-13(19)12-15/h4,6-7,12,14,19H,5,8-11H2,1-3H3. The molecular formula is C17H25NO4. The zero-order valence-electron chi connectivity index (χ0n) is 13.5. The van der Waals surface area contributed by atoms with Crippen LogP contribution in [0.3, 0.4) is 0 Å². The third-order valence-corrected chi connectivity index (χ3v) is 3.45. The molecule has 122 valence electrons. The number of phenols is 1. The van der Waals surface area contributed by atoms with Gasteiger partial charge in [-0.05, 0) is 45.7 Å². The molecule has 0 aliphatic carbocycles. The summed E-state index contributed by atoms with van der Waals surface area (Å²) in [5, 5.41) is 9.47. The van der Waals surface area contributed by atoms with Crippen LogP contribution in [0.2, 0.25) is 0 Å². The van der Waals surface area contributed by atoms with Crippen LogP contribution in [0.25, 0.3) is 0 Å². The normalized spacial score (nSPS) is 19.4. The van der Waals surface area contributed by atoms with E-state index in [1.165, 1.54) is 0 Å². The van der Waals surface area contributed by atoms with Crippen molar-refractivity contribution in [1.29, 1.82) is 0 Å². The molecule has 1 aliphatic heterocycles. The summed E-state index contributed by atoms with van der Waals surface area (Å²) in [5.41, 5.74) is -0.471. The third-order valence-electron chi connectivity index (χ3n) is 3.45. The van der Waals surface area contributed by atoms with Crippen LogP contribution >= 0.6 is 0 Å². The third kappa shape index (κ3) is 5.13. The molecule has 1 heterocycles. The Hall–Kier alpha value is -1.91. The lowest BCUT2D eigenvalue weighted by molar-refractivity contribution is 0.0252. The molecule has 1 amide bonds. The number of benzene rings is 1. The Morgan fingerprint density at radius 3 is 2.73 bits per heavy atom. The number of hydrogen-bond donors (Lipinski definition) is 1. The average Bonchev–Trinajstić information content (AvgIpc) is 2.62. The largest absolute Gasteiger partial charge is 0.508 e. The molecule has 1 saturated heterocycles. The number of amides is 1. The van der Waals surface area contributed by atoms with Gasteiger partial charge in [0.2, 0.25) is 0 Å². The molecule has 2 rings (SSSR count). The van der Waals surface area contributed by atoms with E-state index < -0.39 is 5.60 Å². The number of hydrogen-bond acceptors (Lipinski definition) is 4. The predicted molar refractivity (Wildman–Crippen MR) is 84.2 cm³/mol. The van der Waals surface area contributed by atoms with Crippen molar-refractivity contribution in [3.05, 3.63) is 24.3 Å². The maximum atomic E-state index is 12.1. The number of ether oxygens (including phenoxy) is 2. The lowest BCUT2D eigenvalue weighted by atomic mass is 10.1. The summed E-state index contributed by atoms with van der Waals surface area (Å²) in [4.78, 5) is 13.9. The zero-order valence-corrected chi connectivity index (χ0v) is 13.5. The molecule has 0 radical (unpaired) electrons. The number of phenolic OH excluding ortho intramolecular Hbond substituents is 1. The van der Waals surface area contributed by atoms with Crippen LogP contribution in [0.1, 0.15) is 40.0 Å². The summed E-state index contributed by atoms with van der Waals surface area (Å²) in [5.74, 6) is 0.859. The minimum absolute atomic E-state index is 0.0502. The van der Waals surface area contributed by atoms with E-state index in [-0.39, 0.29) is 17.9 Å². The summed E-state index contributed by atoms with van der Waals surface area (Å²) in [7, 11) is 0. The minimum atomic E-state index is -0.471. The molecule has 1 unspecified atom stereocenters. The Kier molecular flexibility index (Phi) is 5.16. The van der Waals surface area contributed by atoms with Crippen LogP contribution in [0.5, 0.6) is 11.5 Å². The summed E-state index contributed by atoms with van der Waals surface area (Å²) >= 11 is 0. The fourth-order valence-electron chi connectivity index (χ4n) is 2.44. The van der Waals surface area contributed by atoms with E-state index in [2.05, 4.69) is 0 Å². The van der Waals surface area contributed by atoms with Gasteiger partial charge in [0.25, 0.3) is 0 Å². The first-order valence-corrected chi connectivity index (χ1v) is 7.77. The highest BCUT2D eigenvalue weighted by molar-refractivity contribution is 5.68. The second kappa shape index (κ2) is 6.90. The maximum absolute atomic E-state index is 12.1. The first-order chi connectivity index (χ1) is 10.3. The van der Waals surface area contributed by atoms with E-state index in [4.69, 9.17) is 9.47 Å². The van der Waals surface area contributed by atoms with Crippen molar-refractivity contribution in [2.45, 2.75) is 51.7 Å². The second-order valence-electron chi connectivity index (χ2n) is 6.64. The van der Waals surface area contributed by atoms with Crippen molar-refractivity contribution >= 4 is 6.09 Å². The Labute approximate surface area is 131 Å². The molecular weight excluding hydrogens is 282 g/mol. The van der Waals surface area contributed by atoms with Gasteiger partial charge in [0.1, 0.15) is 23.2 Å². The van der Waals surface area contributed by atoms with Gasteiger partial charge in [-0.1, -0.05) is 6.07 Å². The first-order valence-electron chi connectivity index (χ1n) is 7.77. The van der Waals surface area contributed by atoms with E-state index in [0.717, 1.165) is 19.3 Å². The molecule has 1 fully saturated rings. The van der Waals surface area contributed by atoms with E-state index in [9.17, 15) is 9.90 Å². The molecule has 5 nitrogen and oxygen atoms in total. The van der Waals surface area contributed by atoms with Crippen LogP contribution < -0.4 is 4.74 Å². The molecule has 1 N–H and O–H groups in total. The molecule has 5 heteroatoms. The fraction of sp³-hybridized carbons (Fsp3) is 0.588. The number of carbonyl (C=O) groups excluding carboxylic acids is 1. The van der Waals surface area contributed by atoms with Crippen molar-refractivity contribution in [2.24, 2.45) is 0 Å². The molecule has 0 saturated carbocycles. The minimum Gasteiger partial charge on any atom is -0.508 e. The van der Waals surface area contributed by atoms with Crippen LogP contribution in [0, 0.1) is 0 Å². The quantitative estimate of drug-likeness (QED) is 0.907. The van der Waals surface area contributed by atoms with Gasteiger partial charge in [-0.25, -0.2) is 4.79 Å². The summed E-state index contributed by atoms with van der Waals surface area (Å²) in [6.07, 6.45) is 2.31. The Morgan fingerprint density at radius 2 is 2.05 bits per heavy atom. The van der Waals surface area contributed by atoms with Gasteiger partial charge < -0.3 is 19.5 Å². The van der Waals surface area contributed by atoms with E-state index in [1.807, 2.05) is 26.8 Å². The van der Waals surface area contributed by atoms with E-state index in [1.54, 1.807) is 23.1 Å². The van der Waals surface area contributed by atoms with Crippen LogP contribution in [-0.4, -0.2) is 40.9 Å². The van der Waals surface area contributed by atoms with Crippen LogP contribution in [0.4, 0.5) is 4.79 Å². The molecule has 0 aromatic heterocycles. The van der Waals surface area contributed by atoms with Gasteiger partial charge in [-0.15, -0.1) is 0 Å². The zero-order chi connectivity index (χ0) is 16.2. The highest BCUT2D eigenvalue weighted by atomic mass is 16.6. The Morgan fingerprint density at radius 1 is 1.27 bits per heavy atom. The molecule has 1 atom stereocenters.